The summed E-state index contributed by atoms with van der Waals surface area (Å²) in [6.07, 6.45) is 6.11. The number of ether oxygens (including phenoxy) is 2. The number of benzene rings is 1. The highest BCUT2D eigenvalue weighted by atomic mass is 32.2. The topological polar surface area (TPSA) is 86.6 Å². The Labute approximate surface area is 145 Å². The van der Waals surface area contributed by atoms with Gasteiger partial charge in [-0.05, 0) is 30.4 Å². The fraction of sp³-hybridized carbons (Fsp3) is 0.200. The maximum Gasteiger partial charge on any atom is 0.534 e. The van der Waals surface area contributed by atoms with Crippen molar-refractivity contribution in [1.29, 1.82) is 0 Å². The lowest BCUT2D eigenvalue weighted by Crippen LogP contribution is -2.35. The van der Waals surface area contributed by atoms with Crippen LogP contribution in [0.4, 0.5) is 13.2 Å². The summed E-state index contributed by atoms with van der Waals surface area (Å²) < 4.78 is 75.6. The van der Waals surface area contributed by atoms with Crippen LogP contribution in [0.5, 0.6) is 11.5 Å². The number of hydrogen-bond acceptors (Lipinski definition) is 7. The summed E-state index contributed by atoms with van der Waals surface area (Å²) in [6, 6.07) is 3.47. The summed E-state index contributed by atoms with van der Waals surface area (Å²) in [6.45, 7) is 0.251. The molecule has 0 amide bonds. The average Bonchev–Trinajstić information content (AvgIpc) is 3.05. The molecule has 0 aliphatic carbocycles. The Kier molecular flexibility index (Phi) is 3.41. The summed E-state index contributed by atoms with van der Waals surface area (Å²) in [5, 5.41) is 0. The van der Waals surface area contributed by atoms with Crippen molar-refractivity contribution in [2.75, 3.05) is 6.61 Å². The third-order valence-electron chi connectivity index (χ3n) is 3.82. The molecule has 1 unspecified atom stereocenters. The van der Waals surface area contributed by atoms with Gasteiger partial charge in [0.25, 0.3) is 0 Å². The first kappa shape index (κ1) is 16.6. The van der Waals surface area contributed by atoms with Crippen LogP contribution in [0.3, 0.4) is 0 Å². The Morgan fingerprint density at radius 2 is 2.08 bits per heavy atom. The van der Waals surface area contributed by atoms with Gasteiger partial charge in [0.05, 0.1) is 0 Å². The highest BCUT2D eigenvalue weighted by Gasteiger charge is 2.50. The van der Waals surface area contributed by atoms with Crippen LogP contribution in [0.2, 0.25) is 0 Å². The highest BCUT2D eigenvalue weighted by molar-refractivity contribution is 7.88. The van der Waals surface area contributed by atoms with E-state index in [2.05, 4.69) is 14.2 Å². The summed E-state index contributed by atoms with van der Waals surface area (Å²) in [4.78, 5) is 8.21. The van der Waals surface area contributed by atoms with Gasteiger partial charge in [0.2, 0.25) is 0 Å². The molecule has 3 heterocycles. The molecule has 3 aliphatic rings. The minimum atomic E-state index is -5.80. The lowest BCUT2D eigenvalue weighted by atomic mass is 9.86. The van der Waals surface area contributed by atoms with Crippen LogP contribution < -0.4 is 8.92 Å². The second-order valence-corrected chi connectivity index (χ2v) is 6.98. The number of fused-ring (bicyclic) bond motifs is 3. The molecule has 0 saturated carbocycles. The zero-order chi connectivity index (χ0) is 18.6. The van der Waals surface area contributed by atoms with Gasteiger partial charge in [-0.15, -0.1) is 0 Å². The normalized spacial score (nSPS) is 23.5. The van der Waals surface area contributed by atoms with E-state index in [0.717, 1.165) is 12.1 Å². The molecule has 11 heteroatoms. The van der Waals surface area contributed by atoms with Gasteiger partial charge in [0, 0.05) is 11.8 Å². The standard InChI is InChI=1S/C15H9F3N2O5S/c16-15(17,18)26(21,22)25-9-3-4-11-10(6-9)14(7-19-8-20-14)13-12(24-11)2-1-5-23-13/h1-4,6-8H,5H2. The van der Waals surface area contributed by atoms with Gasteiger partial charge in [-0.1, -0.05) is 0 Å². The molecule has 1 aromatic rings. The molecule has 0 fully saturated rings. The number of alkyl halides is 3. The second kappa shape index (κ2) is 5.34. The first-order valence-electron chi connectivity index (χ1n) is 7.18. The van der Waals surface area contributed by atoms with E-state index in [4.69, 9.17) is 9.47 Å². The van der Waals surface area contributed by atoms with E-state index in [9.17, 15) is 21.6 Å². The molecule has 0 saturated heterocycles. The van der Waals surface area contributed by atoms with Crippen LogP contribution in [0, 0.1) is 0 Å². The molecule has 3 aliphatic heterocycles. The van der Waals surface area contributed by atoms with Crippen molar-refractivity contribution in [3.63, 3.8) is 0 Å². The number of halogens is 3. The molecule has 26 heavy (non-hydrogen) atoms. The van der Waals surface area contributed by atoms with Crippen molar-refractivity contribution in [3.8, 4) is 11.5 Å². The molecule has 0 N–H and O–H groups in total. The smallest absolute Gasteiger partial charge is 0.487 e. The van der Waals surface area contributed by atoms with Gasteiger partial charge in [0.1, 0.15) is 24.4 Å². The first-order valence-corrected chi connectivity index (χ1v) is 8.59. The highest BCUT2D eigenvalue weighted by Crippen LogP contribution is 2.48. The Balaban J connectivity index is 1.82. The van der Waals surface area contributed by atoms with Crippen LogP contribution in [0.25, 0.3) is 0 Å². The van der Waals surface area contributed by atoms with Crippen molar-refractivity contribution in [1.82, 2.24) is 0 Å². The van der Waals surface area contributed by atoms with E-state index in [0.29, 0.717) is 11.5 Å². The van der Waals surface area contributed by atoms with Gasteiger partial charge in [0.15, 0.2) is 17.1 Å². The monoisotopic (exact) mass is 386 g/mol. The van der Waals surface area contributed by atoms with E-state index in [1.807, 2.05) is 0 Å². The molecule has 0 aromatic heterocycles. The van der Waals surface area contributed by atoms with Gasteiger partial charge < -0.3 is 13.7 Å². The third-order valence-corrected chi connectivity index (χ3v) is 4.80. The maximum atomic E-state index is 12.6. The van der Waals surface area contributed by atoms with Crippen LogP contribution in [-0.4, -0.2) is 33.1 Å². The van der Waals surface area contributed by atoms with Crippen LogP contribution in [0.15, 0.2) is 51.9 Å². The first-order chi connectivity index (χ1) is 12.2. The second-order valence-electron chi connectivity index (χ2n) is 5.44. The molecular formula is C15H9F3N2O5S. The fourth-order valence-corrected chi connectivity index (χ4v) is 3.18. The quantitative estimate of drug-likeness (QED) is 0.576. The SMILES string of the molecule is O=S(=O)(Oc1ccc2c(c1)C1(C=NC=N1)C1=C(C=CCO1)O2)C(F)(F)F. The minimum absolute atomic E-state index is 0.249. The van der Waals surface area contributed by atoms with E-state index in [1.54, 1.807) is 12.2 Å². The molecule has 7 nitrogen and oxygen atoms in total. The van der Waals surface area contributed by atoms with Crippen molar-refractivity contribution in [2.45, 2.75) is 11.0 Å². The number of rotatable bonds is 2. The van der Waals surface area contributed by atoms with Crippen molar-refractivity contribution >= 4 is 22.7 Å². The molecule has 136 valence electrons. The molecule has 0 bridgehead atoms. The third kappa shape index (κ3) is 2.38. The maximum absolute atomic E-state index is 12.6. The van der Waals surface area contributed by atoms with E-state index < -0.39 is 26.9 Å². The van der Waals surface area contributed by atoms with Gasteiger partial charge in [-0.3, -0.25) is 0 Å². The fourth-order valence-electron chi connectivity index (χ4n) is 2.73. The van der Waals surface area contributed by atoms with E-state index in [1.165, 1.54) is 18.6 Å². The summed E-state index contributed by atoms with van der Waals surface area (Å²) >= 11 is 0. The molecule has 1 aromatic carbocycles. The molecule has 1 spiro atoms. The predicted molar refractivity (Wildman–Crippen MR) is 83.5 cm³/mol. The van der Waals surface area contributed by atoms with Gasteiger partial charge in [-0.25, -0.2) is 9.98 Å². The molecular weight excluding hydrogens is 377 g/mol. The zero-order valence-corrected chi connectivity index (χ0v) is 13.5. The van der Waals surface area contributed by atoms with E-state index in [-0.39, 0.29) is 17.9 Å². The Hall–Kier alpha value is -2.82. The minimum Gasteiger partial charge on any atom is -0.487 e. The van der Waals surface area contributed by atoms with Crippen molar-refractivity contribution < 1.29 is 35.2 Å². The Morgan fingerprint density at radius 1 is 1.27 bits per heavy atom. The number of hydrogen-bond donors (Lipinski definition) is 0. The lowest BCUT2D eigenvalue weighted by Gasteiger charge is -2.34. The van der Waals surface area contributed by atoms with Crippen LogP contribution >= 0.6 is 0 Å². The largest absolute Gasteiger partial charge is 0.534 e. The molecule has 0 radical (unpaired) electrons. The van der Waals surface area contributed by atoms with Gasteiger partial charge in [-0.2, -0.15) is 21.6 Å². The number of aliphatic imine (C=N–C) groups is 2. The molecule has 1 atom stereocenters. The summed E-state index contributed by atoms with van der Waals surface area (Å²) in [7, 11) is -5.80. The number of allylic oxidation sites excluding steroid dienone is 1. The summed E-state index contributed by atoms with van der Waals surface area (Å²) in [5.74, 6) is 0.419. The summed E-state index contributed by atoms with van der Waals surface area (Å²) in [5.41, 5.74) is -6.55. The van der Waals surface area contributed by atoms with Crippen molar-refractivity contribution in [3.05, 3.63) is 47.4 Å². The van der Waals surface area contributed by atoms with Gasteiger partial charge >= 0.3 is 15.6 Å². The van der Waals surface area contributed by atoms with Crippen LogP contribution in [0.1, 0.15) is 5.56 Å². The Bertz CT molecular complexity index is 997. The number of nitrogens with zero attached hydrogens (tertiary/aromatic N) is 2. The predicted octanol–water partition coefficient (Wildman–Crippen LogP) is 2.41. The average molecular weight is 386 g/mol. The molecule has 4 rings (SSSR count). The van der Waals surface area contributed by atoms with Crippen molar-refractivity contribution in [2.24, 2.45) is 9.98 Å². The van der Waals surface area contributed by atoms with E-state index >= 15 is 0 Å². The zero-order valence-electron chi connectivity index (χ0n) is 12.7. The Morgan fingerprint density at radius 3 is 2.77 bits per heavy atom. The van der Waals surface area contributed by atoms with Crippen LogP contribution in [-0.2, 0) is 20.4 Å². The lowest BCUT2D eigenvalue weighted by molar-refractivity contribution is -0.0500.